The summed E-state index contributed by atoms with van der Waals surface area (Å²) in [5.41, 5.74) is -1.46. The van der Waals surface area contributed by atoms with Gasteiger partial charge in [-0.1, -0.05) is 30.3 Å². The van der Waals surface area contributed by atoms with E-state index in [2.05, 4.69) is 0 Å². The molecule has 5 nitrogen and oxygen atoms in total. The zero-order valence-electron chi connectivity index (χ0n) is 11.9. The lowest BCUT2D eigenvalue weighted by Gasteiger charge is -2.17. The van der Waals surface area contributed by atoms with Crippen molar-refractivity contribution >= 4 is 11.6 Å². The molecular formula is C15H11F3N2O3. The number of carbonyl (C=O) groups excluding carboxylic acids is 1. The number of rotatable bonds is 4. The molecule has 0 aromatic heterocycles. The van der Waals surface area contributed by atoms with Crippen LogP contribution in [0.3, 0.4) is 0 Å². The van der Waals surface area contributed by atoms with Crippen LogP contribution in [0.15, 0.2) is 36.4 Å². The number of nitrogens with zero attached hydrogens (tertiary/aromatic N) is 2. The third kappa shape index (κ3) is 3.31. The van der Waals surface area contributed by atoms with Gasteiger partial charge < -0.3 is 4.90 Å². The van der Waals surface area contributed by atoms with Crippen molar-refractivity contribution in [2.24, 2.45) is 0 Å². The molecule has 0 radical (unpaired) electrons. The summed E-state index contributed by atoms with van der Waals surface area (Å²) in [7, 11) is 1.32. The van der Waals surface area contributed by atoms with Crippen LogP contribution in [0, 0.1) is 27.6 Å². The molecule has 0 spiro atoms. The summed E-state index contributed by atoms with van der Waals surface area (Å²) in [5, 5.41) is 10.7. The van der Waals surface area contributed by atoms with Gasteiger partial charge in [-0.25, -0.2) is 8.78 Å². The molecule has 0 aliphatic heterocycles. The van der Waals surface area contributed by atoms with Crippen LogP contribution in [0.25, 0.3) is 0 Å². The van der Waals surface area contributed by atoms with Gasteiger partial charge in [0.2, 0.25) is 11.6 Å². The predicted molar refractivity (Wildman–Crippen MR) is 75.2 cm³/mol. The highest BCUT2D eigenvalue weighted by molar-refractivity contribution is 5.95. The van der Waals surface area contributed by atoms with Gasteiger partial charge in [0.1, 0.15) is 0 Å². The highest BCUT2D eigenvalue weighted by atomic mass is 19.2. The Bertz CT molecular complexity index is 766. The highest BCUT2D eigenvalue weighted by Crippen LogP contribution is 2.26. The maximum Gasteiger partial charge on any atom is 0.308 e. The molecule has 0 aliphatic rings. The van der Waals surface area contributed by atoms with Crippen LogP contribution < -0.4 is 0 Å². The van der Waals surface area contributed by atoms with Crippen LogP contribution in [-0.4, -0.2) is 22.8 Å². The van der Waals surface area contributed by atoms with E-state index < -0.39 is 39.5 Å². The second-order valence-corrected chi connectivity index (χ2v) is 4.79. The Morgan fingerprint density at radius 3 is 2.30 bits per heavy atom. The van der Waals surface area contributed by atoms with Crippen LogP contribution >= 0.6 is 0 Å². The molecule has 2 aromatic rings. The summed E-state index contributed by atoms with van der Waals surface area (Å²) in [6.45, 7) is 0.0753. The molecule has 0 bridgehead atoms. The molecule has 23 heavy (non-hydrogen) atoms. The normalized spacial score (nSPS) is 10.4. The minimum atomic E-state index is -2.05. The zero-order chi connectivity index (χ0) is 17.1. The lowest BCUT2D eigenvalue weighted by atomic mass is 10.1. The molecule has 0 fully saturated rings. The van der Waals surface area contributed by atoms with Gasteiger partial charge in [-0.3, -0.25) is 14.9 Å². The SMILES string of the molecule is CN(Cc1ccccc1)C(=O)c1cc([N+](=O)[O-])c(F)c(F)c1F. The molecule has 2 rings (SSSR count). The van der Waals surface area contributed by atoms with E-state index in [1.165, 1.54) is 7.05 Å². The number of hydrogen-bond acceptors (Lipinski definition) is 3. The van der Waals surface area contributed by atoms with Crippen molar-refractivity contribution in [3.05, 3.63) is 75.1 Å². The molecule has 1 amide bonds. The van der Waals surface area contributed by atoms with Gasteiger partial charge in [-0.15, -0.1) is 0 Å². The van der Waals surface area contributed by atoms with E-state index in [1.54, 1.807) is 30.3 Å². The Hall–Kier alpha value is -2.90. The van der Waals surface area contributed by atoms with Gasteiger partial charge in [0.25, 0.3) is 5.91 Å². The Morgan fingerprint density at radius 2 is 1.74 bits per heavy atom. The van der Waals surface area contributed by atoms with E-state index in [0.717, 1.165) is 10.5 Å². The number of amides is 1. The number of carbonyl (C=O) groups is 1. The molecule has 0 aliphatic carbocycles. The van der Waals surface area contributed by atoms with Crippen LogP contribution in [0.5, 0.6) is 0 Å². The van der Waals surface area contributed by atoms with E-state index in [1.807, 2.05) is 0 Å². The number of nitro groups is 1. The minimum Gasteiger partial charge on any atom is -0.337 e. The van der Waals surface area contributed by atoms with Crippen molar-refractivity contribution in [3.63, 3.8) is 0 Å². The smallest absolute Gasteiger partial charge is 0.308 e. The van der Waals surface area contributed by atoms with Crippen molar-refractivity contribution in [1.29, 1.82) is 0 Å². The van der Waals surface area contributed by atoms with E-state index in [9.17, 15) is 28.1 Å². The minimum absolute atomic E-state index is 0.0753. The third-order valence-corrected chi connectivity index (χ3v) is 3.16. The van der Waals surface area contributed by atoms with Crippen LogP contribution in [-0.2, 0) is 6.54 Å². The molecule has 2 aromatic carbocycles. The molecular weight excluding hydrogens is 313 g/mol. The number of benzene rings is 2. The molecule has 0 saturated heterocycles. The highest BCUT2D eigenvalue weighted by Gasteiger charge is 2.29. The Labute approximate surface area is 129 Å². The summed E-state index contributed by atoms with van der Waals surface area (Å²) in [6, 6.07) is 9.07. The third-order valence-electron chi connectivity index (χ3n) is 3.16. The van der Waals surface area contributed by atoms with Gasteiger partial charge in [0.05, 0.1) is 10.5 Å². The quantitative estimate of drug-likeness (QED) is 0.492. The zero-order valence-corrected chi connectivity index (χ0v) is 11.9. The number of nitro benzene ring substituents is 1. The maximum absolute atomic E-state index is 13.8. The number of hydrogen-bond donors (Lipinski definition) is 0. The van der Waals surface area contributed by atoms with Crippen molar-refractivity contribution in [2.75, 3.05) is 7.05 Å². The molecule has 0 N–H and O–H groups in total. The van der Waals surface area contributed by atoms with Crippen LogP contribution in [0.2, 0.25) is 0 Å². The van der Waals surface area contributed by atoms with Crippen molar-refractivity contribution in [3.8, 4) is 0 Å². The van der Waals surface area contributed by atoms with Gasteiger partial charge in [0, 0.05) is 19.7 Å². The lowest BCUT2D eigenvalue weighted by Crippen LogP contribution is -2.27. The monoisotopic (exact) mass is 324 g/mol. The van der Waals surface area contributed by atoms with Crippen LogP contribution in [0.4, 0.5) is 18.9 Å². The lowest BCUT2D eigenvalue weighted by molar-refractivity contribution is -0.387. The van der Waals surface area contributed by atoms with Crippen molar-refractivity contribution in [2.45, 2.75) is 6.54 Å². The first kappa shape index (κ1) is 16.5. The van der Waals surface area contributed by atoms with E-state index in [-0.39, 0.29) is 6.54 Å². The molecule has 0 atom stereocenters. The molecule has 8 heteroatoms. The first-order valence-electron chi connectivity index (χ1n) is 6.44. The van der Waals surface area contributed by atoms with Crippen LogP contribution in [0.1, 0.15) is 15.9 Å². The summed E-state index contributed by atoms with van der Waals surface area (Å²) in [6.07, 6.45) is 0. The Balaban J connectivity index is 2.37. The second kappa shape index (κ2) is 6.47. The fraction of sp³-hybridized carbons (Fsp3) is 0.133. The Kier molecular flexibility index (Phi) is 4.63. The summed E-state index contributed by atoms with van der Waals surface area (Å²) in [5.74, 6) is -6.73. The fourth-order valence-electron chi connectivity index (χ4n) is 2.01. The van der Waals surface area contributed by atoms with Gasteiger partial charge >= 0.3 is 5.69 Å². The molecule has 0 heterocycles. The average molecular weight is 324 g/mol. The topological polar surface area (TPSA) is 63.5 Å². The molecule has 0 unspecified atom stereocenters. The predicted octanol–water partition coefficient (Wildman–Crippen LogP) is 3.28. The molecule has 0 saturated carbocycles. The first-order chi connectivity index (χ1) is 10.8. The number of halogens is 3. The van der Waals surface area contributed by atoms with Gasteiger partial charge in [-0.05, 0) is 5.56 Å². The van der Waals surface area contributed by atoms with E-state index >= 15 is 0 Å². The summed E-state index contributed by atoms with van der Waals surface area (Å²) >= 11 is 0. The summed E-state index contributed by atoms with van der Waals surface area (Å²) < 4.78 is 40.5. The van der Waals surface area contributed by atoms with E-state index in [4.69, 9.17) is 0 Å². The van der Waals surface area contributed by atoms with Crippen molar-refractivity contribution < 1.29 is 22.9 Å². The van der Waals surface area contributed by atoms with Crippen molar-refractivity contribution in [1.82, 2.24) is 4.90 Å². The second-order valence-electron chi connectivity index (χ2n) is 4.79. The standard InChI is InChI=1S/C15H11F3N2O3/c1-19(8-9-5-3-2-4-6-9)15(21)10-7-11(20(22)23)13(17)14(18)12(10)16/h2-7H,8H2,1H3. The van der Waals surface area contributed by atoms with E-state index in [0.29, 0.717) is 6.07 Å². The van der Waals surface area contributed by atoms with Gasteiger partial charge in [-0.2, -0.15) is 4.39 Å². The Morgan fingerprint density at radius 1 is 1.13 bits per heavy atom. The van der Waals surface area contributed by atoms with Gasteiger partial charge in [0.15, 0.2) is 5.82 Å². The average Bonchev–Trinajstić information content (AvgIpc) is 2.53. The largest absolute Gasteiger partial charge is 0.337 e. The first-order valence-corrected chi connectivity index (χ1v) is 6.44. The fourth-order valence-corrected chi connectivity index (χ4v) is 2.01. The maximum atomic E-state index is 13.8. The summed E-state index contributed by atoms with van der Waals surface area (Å²) in [4.78, 5) is 22.7. The molecule has 120 valence electrons.